The summed E-state index contributed by atoms with van der Waals surface area (Å²) in [5.74, 6) is 0. The number of carbonyl (C=O) groups is 1. The number of rotatable bonds is 4. The molecule has 1 N–H and O–H groups in total. The molecule has 1 fully saturated rings. The van der Waals surface area contributed by atoms with Crippen molar-refractivity contribution in [1.82, 2.24) is 5.32 Å². The SMILES string of the molecule is C[C@H](NC(=O)OC(C)(C)C)[C@@H]1O[C@H]1S(=O)(=O)c1ccccc1. The van der Waals surface area contributed by atoms with Crippen LogP contribution in [0.1, 0.15) is 27.7 Å². The lowest BCUT2D eigenvalue weighted by molar-refractivity contribution is 0.0500. The molecule has 6 nitrogen and oxygen atoms in total. The number of benzene rings is 1. The van der Waals surface area contributed by atoms with Crippen LogP contribution < -0.4 is 5.32 Å². The molecule has 122 valence electrons. The molecule has 0 unspecified atom stereocenters. The number of carbonyl (C=O) groups excluding carboxylic acids is 1. The lowest BCUT2D eigenvalue weighted by Crippen LogP contribution is -2.41. The van der Waals surface area contributed by atoms with E-state index in [2.05, 4.69) is 5.32 Å². The molecule has 0 aromatic heterocycles. The Morgan fingerprint density at radius 3 is 2.41 bits per heavy atom. The summed E-state index contributed by atoms with van der Waals surface area (Å²) >= 11 is 0. The van der Waals surface area contributed by atoms with Gasteiger partial charge in [-0.15, -0.1) is 0 Å². The second kappa shape index (κ2) is 5.89. The van der Waals surface area contributed by atoms with Crippen LogP contribution in [-0.2, 0) is 19.3 Å². The number of ether oxygens (including phenoxy) is 2. The van der Waals surface area contributed by atoms with Crippen LogP contribution in [0.4, 0.5) is 4.79 Å². The van der Waals surface area contributed by atoms with Gasteiger partial charge in [-0.2, -0.15) is 0 Å². The van der Waals surface area contributed by atoms with E-state index < -0.39 is 39.1 Å². The highest BCUT2D eigenvalue weighted by Crippen LogP contribution is 2.34. The number of nitrogens with one attached hydrogen (secondary N) is 1. The number of epoxide rings is 1. The standard InChI is InChI=1S/C15H21NO5S/c1-10(16-14(17)21-15(2,3)4)12-13(20-12)22(18,19)11-8-6-5-7-9-11/h5-10,12-13H,1-4H3,(H,16,17)/t10-,12-,13-/m0/s1. The van der Waals surface area contributed by atoms with Crippen LogP contribution in [0, 0.1) is 0 Å². The number of amides is 1. The van der Waals surface area contributed by atoms with Gasteiger partial charge in [0.25, 0.3) is 0 Å². The zero-order chi connectivity index (χ0) is 16.5. The van der Waals surface area contributed by atoms with E-state index in [-0.39, 0.29) is 4.90 Å². The largest absolute Gasteiger partial charge is 0.444 e. The van der Waals surface area contributed by atoms with Crippen molar-refractivity contribution in [1.29, 1.82) is 0 Å². The van der Waals surface area contributed by atoms with Crippen molar-refractivity contribution in [3.8, 4) is 0 Å². The van der Waals surface area contributed by atoms with Crippen molar-refractivity contribution in [2.45, 2.75) is 55.8 Å². The average Bonchev–Trinajstić information content (AvgIpc) is 3.18. The van der Waals surface area contributed by atoms with Gasteiger partial charge in [-0.05, 0) is 39.8 Å². The summed E-state index contributed by atoms with van der Waals surface area (Å²) in [4.78, 5) is 11.9. The maximum atomic E-state index is 12.4. The first-order valence-electron chi connectivity index (χ1n) is 7.05. The van der Waals surface area contributed by atoms with E-state index in [4.69, 9.17) is 9.47 Å². The Hall–Kier alpha value is -1.60. The highest BCUT2D eigenvalue weighted by Gasteiger charge is 2.53. The fourth-order valence-electron chi connectivity index (χ4n) is 2.03. The first-order chi connectivity index (χ1) is 10.1. The minimum atomic E-state index is -3.55. The Morgan fingerprint density at radius 1 is 1.27 bits per heavy atom. The topological polar surface area (TPSA) is 85.0 Å². The quantitative estimate of drug-likeness (QED) is 0.856. The predicted molar refractivity (Wildman–Crippen MR) is 81.1 cm³/mol. The Morgan fingerprint density at radius 2 is 1.86 bits per heavy atom. The fourth-order valence-corrected chi connectivity index (χ4v) is 3.70. The molecule has 1 aromatic rings. The van der Waals surface area contributed by atoms with Gasteiger partial charge in [0, 0.05) is 0 Å². The van der Waals surface area contributed by atoms with Crippen molar-refractivity contribution < 1.29 is 22.7 Å². The number of alkyl carbamates (subject to hydrolysis) is 1. The minimum absolute atomic E-state index is 0.215. The highest BCUT2D eigenvalue weighted by atomic mass is 32.2. The third-order valence-corrected chi connectivity index (χ3v) is 5.02. The second-order valence-corrected chi connectivity index (χ2v) is 8.29. The van der Waals surface area contributed by atoms with Gasteiger partial charge in [-0.25, -0.2) is 13.2 Å². The lowest BCUT2D eigenvalue weighted by atomic mass is 10.2. The molecule has 0 bridgehead atoms. The molecule has 22 heavy (non-hydrogen) atoms. The molecule has 1 amide bonds. The maximum Gasteiger partial charge on any atom is 0.407 e. The summed E-state index contributed by atoms with van der Waals surface area (Å²) in [6.07, 6.45) is -1.16. The Bertz CT molecular complexity index is 636. The zero-order valence-corrected chi connectivity index (χ0v) is 13.9. The Kier molecular flexibility index (Phi) is 4.49. The van der Waals surface area contributed by atoms with Gasteiger partial charge < -0.3 is 14.8 Å². The first kappa shape index (κ1) is 16.8. The summed E-state index contributed by atoms with van der Waals surface area (Å²) < 4.78 is 35.1. The van der Waals surface area contributed by atoms with Gasteiger partial charge >= 0.3 is 6.09 Å². The second-order valence-electron chi connectivity index (χ2n) is 6.26. The zero-order valence-electron chi connectivity index (χ0n) is 13.1. The molecule has 1 aliphatic rings. The molecule has 1 aliphatic heterocycles. The molecule has 0 aliphatic carbocycles. The average molecular weight is 327 g/mol. The monoisotopic (exact) mass is 327 g/mol. The van der Waals surface area contributed by atoms with E-state index in [0.29, 0.717) is 0 Å². The van der Waals surface area contributed by atoms with Crippen molar-refractivity contribution in [2.75, 3.05) is 0 Å². The van der Waals surface area contributed by atoms with E-state index in [1.807, 2.05) is 0 Å². The summed E-state index contributed by atoms with van der Waals surface area (Å²) in [5.41, 5.74) is -1.54. The van der Waals surface area contributed by atoms with Crippen LogP contribution in [0.2, 0.25) is 0 Å². The molecule has 2 rings (SSSR count). The lowest BCUT2D eigenvalue weighted by Gasteiger charge is -2.21. The third kappa shape index (κ3) is 3.98. The Balaban J connectivity index is 1.96. The molecule has 1 heterocycles. The minimum Gasteiger partial charge on any atom is -0.444 e. The number of hydrogen-bond acceptors (Lipinski definition) is 5. The van der Waals surface area contributed by atoms with Crippen LogP contribution >= 0.6 is 0 Å². The van der Waals surface area contributed by atoms with Gasteiger partial charge in [-0.1, -0.05) is 18.2 Å². The van der Waals surface area contributed by atoms with Gasteiger partial charge in [0.15, 0.2) is 5.44 Å². The number of sulfone groups is 1. The van der Waals surface area contributed by atoms with Crippen LogP contribution in [0.15, 0.2) is 35.2 Å². The first-order valence-corrected chi connectivity index (χ1v) is 8.60. The molecule has 0 spiro atoms. The summed E-state index contributed by atoms with van der Waals surface area (Å²) in [7, 11) is -3.55. The Labute approximate surface area is 130 Å². The van der Waals surface area contributed by atoms with Crippen LogP contribution in [0.5, 0.6) is 0 Å². The maximum absolute atomic E-state index is 12.4. The molecule has 1 aromatic carbocycles. The molecular formula is C15H21NO5S. The smallest absolute Gasteiger partial charge is 0.407 e. The molecule has 0 saturated carbocycles. The molecule has 1 saturated heterocycles. The van der Waals surface area contributed by atoms with Crippen molar-refractivity contribution >= 4 is 15.9 Å². The van der Waals surface area contributed by atoms with Gasteiger partial charge in [0.2, 0.25) is 9.84 Å². The van der Waals surface area contributed by atoms with Crippen LogP contribution in [0.25, 0.3) is 0 Å². The molecule has 3 atom stereocenters. The van der Waals surface area contributed by atoms with Crippen molar-refractivity contribution in [3.63, 3.8) is 0 Å². The highest BCUT2D eigenvalue weighted by molar-refractivity contribution is 7.92. The van der Waals surface area contributed by atoms with Crippen molar-refractivity contribution in [3.05, 3.63) is 30.3 Å². The molecule has 0 radical (unpaired) electrons. The van der Waals surface area contributed by atoms with E-state index >= 15 is 0 Å². The predicted octanol–water partition coefficient (Wildman–Crippen LogP) is 2.10. The summed E-state index contributed by atoms with van der Waals surface area (Å²) in [6, 6.07) is 7.66. The summed E-state index contributed by atoms with van der Waals surface area (Å²) in [6.45, 7) is 6.96. The van der Waals surface area contributed by atoms with E-state index in [1.54, 1.807) is 45.9 Å². The number of hydrogen-bond donors (Lipinski definition) is 1. The molecular weight excluding hydrogens is 306 g/mol. The van der Waals surface area contributed by atoms with Crippen LogP contribution in [0.3, 0.4) is 0 Å². The van der Waals surface area contributed by atoms with E-state index in [9.17, 15) is 13.2 Å². The van der Waals surface area contributed by atoms with Crippen LogP contribution in [-0.4, -0.2) is 37.7 Å². The van der Waals surface area contributed by atoms with Gasteiger partial charge in [0.05, 0.1) is 10.9 Å². The normalized spacial score (nSPS) is 22.7. The van der Waals surface area contributed by atoms with E-state index in [0.717, 1.165) is 0 Å². The van der Waals surface area contributed by atoms with E-state index in [1.165, 1.54) is 12.1 Å². The molecule has 7 heteroatoms. The van der Waals surface area contributed by atoms with Crippen molar-refractivity contribution in [2.24, 2.45) is 0 Å². The summed E-state index contributed by atoms with van der Waals surface area (Å²) in [5, 5.41) is 2.60. The third-order valence-electron chi connectivity index (χ3n) is 3.10. The van der Waals surface area contributed by atoms with Gasteiger partial charge in [-0.3, -0.25) is 0 Å². The fraction of sp³-hybridized carbons (Fsp3) is 0.533. The van der Waals surface area contributed by atoms with Gasteiger partial charge in [0.1, 0.15) is 11.7 Å².